The third-order valence-corrected chi connectivity index (χ3v) is 2.07. The third kappa shape index (κ3) is 3.81. The van der Waals surface area contributed by atoms with Crippen LogP contribution in [0.1, 0.15) is 36.7 Å². The molecule has 0 amide bonds. The molecule has 1 aromatic carbocycles. The van der Waals surface area contributed by atoms with Gasteiger partial charge < -0.3 is 0 Å². The Kier molecular flexibility index (Phi) is 5.27. The summed E-state index contributed by atoms with van der Waals surface area (Å²) in [5.41, 5.74) is 1.54. The number of hydrogen-bond donors (Lipinski definition) is 1. The zero-order valence-electron chi connectivity index (χ0n) is 9.28. The van der Waals surface area contributed by atoms with Crippen molar-refractivity contribution in [3.8, 4) is 0 Å². The second-order valence-corrected chi connectivity index (χ2v) is 4.21. The van der Waals surface area contributed by atoms with Gasteiger partial charge in [0.05, 0.1) is 5.56 Å². The SMILES string of the molecule is CC(C)(C)c1ccc(C(=O)OO)cc1.[Mg]. The van der Waals surface area contributed by atoms with Crippen molar-refractivity contribution in [1.29, 1.82) is 0 Å². The Morgan fingerprint density at radius 3 is 2.00 bits per heavy atom. The summed E-state index contributed by atoms with van der Waals surface area (Å²) in [6.45, 7) is 6.27. The lowest BCUT2D eigenvalue weighted by atomic mass is 9.87. The molecule has 4 heteroatoms. The minimum absolute atomic E-state index is 0. The average molecular weight is 219 g/mol. The molecule has 0 saturated carbocycles. The highest BCUT2D eigenvalue weighted by molar-refractivity contribution is 5.88. The molecule has 0 aromatic heterocycles. The fourth-order valence-electron chi connectivity index (χ4n) is 1.16. The smallest absolute Gasteiger partial charge is 0.296 e. The normalized spacial score (nSPS) is 10.4. The first-order chi connectivity index (χ1) is 6.45. The molecule has 3 nitrogen and oxygen atoms in total. The molecule has 0 aliphatic rings. The molecular weight excluding hydrogens is 204 g/mol. The first-order valence-corrected chi connectivity index (χ1v) is 4.41. The Hall–Kier alpha value is -0.584. The maximum absolute atomic E-state index is 10.9. The molecule has 1 rings (SSSR count). The Balaban J connectivity index is 0.00000196. The maximum Gasteiger partial charge on any atom is 0.372 e. The van der Waals surface area contributed by atoms with Crippen LogP contribution in [0.25, 0.3) is 0 Å². The van der Waals surface area contributed by atoms with Gasteiger partial charge in [-0.25, -0.2) is 4.79 Å². The van der Waals surface area contributed by atoms with Gasteiger partial charge in [0.1, 0.15) is 0 Å². The number of rotatable bonds is 1. The Bertz CT molecular complexity index is 325. The van der Waals surface area contributed by atoms with Crippen molar-refractivity contribution in [3.63, 3.8) is 0 Å². The monoisotopic (exact) mass is 218 g/mol. The second kappa shape index (κ2) is 5.49. The van der Waals surface area contributed by atoms with Gasteiger partial charge in [-0.15, -0.1) is 0 Å². The maximum atomic E-state index is 10.9. The fourth-order valence-corrected chi connectivity index (χ4v) is 1.16. The van der Waals surface area contributed by atoms with E-state index in [1.165, 1.54) is 0 Å². The Morgan fingerprint density at radius 1 is 1.20 bits per heavy atom. The Morgan fingerprint density at radius 2 is 1.67 bits per heavy atom. The van der Waals surface area contributed by atoms with E-state index in [-0.39, 0.29) is 28.5 Å². The summed E-state index contributed by atoms with van der Waals surface area (Å²) in [7, 11) is 0. The zero-order chi connectivity index (χ0) is 10.8. The molecular formula is C11H14MgO3. The highest BCUT2D eigenvalue weighted by atomic mass is 24.3. The van der Waals surface area contributed by atoms with E-state index in [0.29, 0.717) is 5.56 Å². The molecule has 1 N–H and O–H groups in total. The van der Waals surface area contributed by atoms with Crippen LogP contribution in [0.2, 0.25) is 0 Å². The van der Waals surface area contributed by atoms with Gasteiger partial charge in [0.2, 0.25) is 0 Å². The summed E-state index contributed by atoms with van der Waals surface area (Å²) in [4.78, 5) is 14.5. The van der Waals surface area contributed by atoms with Crippen LogP contribution in [0.5, 0.6) is 0 Å². The van der Waals surface area contributed by atoms with Gasteiger partial charge in [-0.05, 0) is 23.1 Å². The van der Waals surface area contributed by atoms with Crippen LogP contribution in [0.3, 0.4) is 0 Å². The molecule has 0 spiro atoms. The average Bonchev–Trinajstić information content (AvgIpc) is 2.15. The first kappa shape index (κ1) is 14.4. The standard InChI is InChI=1S/C11H14O3.Mg/c1-11(2,3)9-6-4-8(5-7-9)10(12)14-13;/h4-7,13H,1-3H3;. The van der Waals surface area contributed by atoms with Gasteiger partial charge in [0, 0.05) is 23.1 Å². The molecule has 15 heavy (non-hydrogen) atoms. The van der Waals surface area contributed by atoms with Crippen LogP contribution in [-0.2, 0) is 10.3 Å². The van der Waals surface area contributed by atoms with Crippen molar-refractivity contribution in [2.24, 2.45) is 0 Å². The van der Waals surface area contributed by atoms with Gasteiger partial charge in [-0.2, -0.15) is 5.26 Å². The molecule has 1 aromatic rings. The highest BCUT2D eigenvalue weighted by Crippen LogP contribution is 2.22. The lowest BCUT2D eigenvalue weighted by molar-refractivity contribution is -0.182. The summed E-state index contributed by atoms with van der Waals surface area (Å²) in [5, 5.41) is 8.17. The van der Waals surface area contributed by atoms with E-state index in [4.69, 9.17) is 5.26 Å². The van der Waals surface area contributed by atoms with Gasteiger partial charge in [0.15, 0.2) is 0 Å². The number of carbonyl (C=O) groups is 1. The molecule has 0 unspecified atom stereocenters. The number of carbonyl (C=O) groups excluding carboxylic acids is 1. The topological polar surface area (TPSA) is 46.5 Å². The van der Waals surface area contributed by atoms with E-state index in [0.717, 1.165) is 5.56 Å². The van der Waals surface area contributed by atoms with Gasteiger partial charge >= 0.3 is 5.97 Å². The molecule has 0 saturated heterocycles. The minimum atomic E-state index is -0.731. The fraction of sp³-hybridized carbons (Fsp3) is 0.364. The van der Waals surface area contributed by atoms with Crippen LogP contribution in [0.15, 0.2) is 24.3 Å². The third-order valence-electron chi connectivity index (χ3n) is 2.07. The summed E-state index contributed by atoms with van der Waals surface area (Å²) in [6, 6.07) is 6.98. The van der Waals surface area contributed by atoms with Crippen molar-refractivity contribution in [3.05, 3.63) is 35.4 Å². The lowest BCUT2D eigenvalue weighted by Gasteiger charge is -2.18. The lowest BCUT2D eigenvalue weighted by Crippen LogP contribution is -2.11. The van der Waals surface area contributed by atoms with E-state index in [1.54, 1.807) is 12.1 Å². The molecule has 0 heterocycles. The largest absolute Gasteiger partial charge is 0.372 e. The van der Waals surface area contributed by atoms with E-state index in [1.807, 2.05) is 12.1 Å². The van der Waals surface area contributed by atoms with Crippen LogP contribution < -0.4 is 0 Å². The van der Waals surface area contributed by atoms with Crippen LogP contribution in [0, 0.1) is 0 Å². The molecule has 0 fully saturated rings. The summed E-state index contributed by atoms with van der Waals surface area (Å²) < 4.78 is 0. The van der Waals surface area contributed by atoms with Gasteiger partial charge in [0.25, 0.3) is 0 Å². The van der Waals surface area contributed by atoms with Crippen molar-refractivity contribution in [1.82, 2.24) is 0 Å². The van der Waals surface area contributed by atoms with Crippen molar-refractivity contribution in [2.45, 2.75) is 26.2 Å². The minimum Gasteiger partial charge on any atom is -0.296 e. The van der Waals surface area contributed by atoms with E-state index < -0.39 is 5.97 Å². The quantitative estimate of drug-likeness (QED) is 0.447. The van der Waals surface area contributed by atoms with Crippen LogP contribution in [-0.4, -0.2) is 34.3 Å². The summed E-state index contributed by atoms with van der Waals surface area (Å²) >= 11 is 0. The number of hydrogen-bond acceptors (Lipinski definition) is 3. The van der Waals surface area contributed by atoms with Crippen molar-refractivity contribution >= 4 is 29.0 Å². The van der Waals surface area contributed by atoms with Crippen LogP contribution in [0.4, 0.5) is 0 Å². The van der Waals surface area contributed by atoms with Crippen LogP contribution >= 0.6 is 0 Å². The molecule has 0 bridgehead atoms. The van der Waals surface area contributed by atoms with Gasteiger partial charge in [-0.3, -0.25) is 4.89 Å². The predicted molar refractivity (Wildman–Crippen MR) is 58.9 cm³/mol. The molecule has 2 radical (unpaired) electrons. The van der Waals surface area contributed by atoms with E-state index in [2.05, 4.69) is 25.7 Å². The summed E-state index contributed by atoms with van der Waals surface area (Å²) in [5.74, 6) is -0.731. The molecule has 0 atom stereocenters. The highest BCUT2D eigenvalue weighted by Gasteiger charge is 2.14. The van der Waals surface area contributed by atoms with Crippen molar-refractivity contribution < 1.29 is 14.9 Å². The first-order valence-electron chi connectivity index (χ1n) is 4.41. The van der Waals surface area contributed by atoms with Gasteiger partial charge in [-0.1, -0.05) is 32.9 Å². The Labute approximate surface area is 106 Å². The van der Waals surface area contributed by atoms with Crippen molar-refractivity contribution in [2.75, 3.05) is 0 Å². The van der Waals surface area contributed by atoms with E-state index >= 15 is 0 Å². The number of benzene rings is 1. The van der Waals surface area contributed by atoms with E-state index in [9.17, 15) is 4.79 Å². The summed E-state index contributed by atoms with van der Waals surface area (Å²) in [6.07, 6.45) is 0. The zero-order valence-corrected chi connectivity index (χ0v) is 10.7. The predicted octanol–water partition coefficient (Wildman–Crippen LogP) is 2.23. The second-order valence-electron chi connectivity index (χ2n) is 4.21. The molecule has 0 aliphatic heterocycles. The molecule has 0 aliphatic carbocycles. The molecule has 78 valence electrons.